The van der Waals surface area contributed by atoms with Crippen LogP contribution in [0.5, 0.6) is 0 Å². The lowest BCUT2D eigenvalue weighted by Crippen LogP contribution is -3.15. The van der Waals surface area contributed by atoms with Gasteiger partial charge in [-0.25, -0.2) is 5.10 Å². The Bertz CT molecular complexity index is 732. The normalized spacial score (nSPS) is 15.7. The zero-order valence-corrected chi connectivity index (χ0v) is 14.2. The number of H-pyrrole nitrogens is 1. The van der Waals surface area contributed by atoms with Gasteiger partial charge in [0.2, 0.25) is 0 Å². The molecule has 0 saturated carbocycles. The first-order valence-electron chi connectivity index (χ1n) is 8.36. The van der Waals surface area contributed by atoms with Gasteiger partial charge >= 0.3 is 0 Å². The van der Waals surface area contributed by atoms with Crippen LogP contribution in [-0.2, 0) is 6.54 Å². The van der Waals surface area contributed by atoms with Gasteiger partial charge in [-0.3, -0.25) is 9.59 Å². The van der Waals surface area contributed by atoms with Gasteiger partial charge in [0, 0.05) is 17.5 Å². The number of nitrogens with one attached hydrogen (secondary N) is 2. The summed E-state index contributed by atoms with van der Waals surface area (Å²) in [5.41, 5.74) is 2.60. The highest BCUT2D eigenvalue weighted by atomic mass is 16.2. The number of aryl methyl sites for hydroxylation is 2. The number of aromatic nitrogens is 3. The van der Waals surface area contributed by atoms with Crippen LogP contribution in [-0.4, -0.2) is 58.3 Å². The molecule has 1 amide bonds. The van der Waals surface area contributed by atoms with Crippen LogP contribution in [0, 0.1) is 13.8 Å². The van der Waals surface area contributed by atoms with Gasteiger partial charge < -0.3 is 14.4 Å². The Kier molecular flexibility index (Phi) is 4.80. The van der Waals surface area contributed by atoms with E-state index >= 15 is 0 Å². The molecule has 0 aromatic carbocycles. The molecule has 2 N–H and O–H groups in total. The summed E-state index contributed by atoms with van der Waals surface area (Å²) in [4.78, 5) is 26.7. The van der Waals surface area contributed by atoms with Gasteiger partial charge in [0.15, 0.2) is 0 Å². The van der Waals surface area contributed by atoms with Crippen LogP contribution >= 0.6 is 0 Å². The number of hydrogen-bond donors (Lipinski definition) is 2. The summed E-state index contributed by atoms with van der Waals surface area (Å²) >= 11 is 0. The molecule has 1 aliphatic heterocycles. The predicted octanol–water partition coefficient (Wildman–Crippen LogP) is -0.771. The largest absolute Gasteiger partial charge is 0.344 e. The maximum atomic E-state index is 12.4. The standard InChI is InChI=1S/C17H23N5O2/c1-13-3-4-14(2)22(13)12-9-20-7-10-21(11-8-20)17(24)15-5-6-16(23)19-18-15/h3-6H,7-12H2,1-2H3,(H,19,23)/p+1. The van der Waals surface area contributed by atoms with E-state index in [0.717, 1.165) is 39.3 Å². The molecule has 7 nitrogen and oxygen atoms in total. The molecule has 24 heavy (non-hydrogen) atoms. The number of amides is 1. The Balaban J connectivity index is 1.51. The monoisotopic (exact) mass is 330 g/mol. The molecule has 0 atom stereocenters. The molecule has 0 bridgehead atoms. The third-order valence-corrected chi connectivity index (χ3v) is 4.76. The summed E-state index contributed by atoms with van der Waals surface area (Å²) in [6.07, 6.45) is 0. The van der Waals surface area contributed by atoms with Crippen molar-refractivity contribution in [3.63, 3.8) is 0 Å². The van der Waals surface area contributed by atoms with E-state index in [0.29, 0.717) is 5.69 Å². The second-order valence-corrected chi connectivity index (χ2v) is 6.37. The summed E-state index contributed by atoms with van der Waals surface area (Å²) in [6.45, 7) is 9.66. The fraction of sp³-hybridized carbons (Fsp3) is 0.471. The van der Waals surface area contributed by atoms with Crippen LogP contribution in [0.4, 0.5) is 0 Å². The molecule has 1 fully saturated rings. The second kappa shape index (κ2) is 7.00. The first kappa shape index (κ1) is 16.4. The molecule has 0 radical (unpaired) electrons. The number of aromatic amines is 1. The third kappa shape index (κ3) is 3.56. The second-order valence-electron chi connectivity index (χ2n) is 6.37. The predicted molar refractivity (Wildman–Crippen MR) is 90.2 cm³/mol. The van der Waals surface area contributed by atoms with E-state index in [2.05, 4.69) is 40.7 Å². The molecule has 3 heterocycles. The fourth-order valence-corrected chi connectivity index (χ4v) is 3.22. The molecule has 0 spiro atoms. The number of carbonyl (C=O) groups is 1. The third-order valence-electron chi connectivity index (χ3n) is 4.76. The lowest BCUT2D eigenvalue weighted by atomic mass is 10.2. The summed E-state index contributed by atoms with van der Waals surface area (Å²) in [5.74, 6) is -0.109. The van der Waals surface area contributed by atoms with E-state index in [-0.39, 0.29) is 11.5 Å². The minimum Gasteiger partial charge on any atom is -0.344 e. The number of quaternary nitrogens is 1. The van der Waals surface area contributed by atoms with E-state index in [1.165, 1.54) is 28.4 Å². The van der Waals surface area contributed by atoms with E-state index < -0.39 is 0 Å². The van der Waals surface area contributed by atoms with Crippen molar-refractivity contribution in [1.82, 2.24) is 19.7 Å². The van der Waals surface area contributed by atoms with Crippen molar-refractivity contribution in [2.75, 3.05) is 32.7 Å². The van der Waals surface area contributed by atoms with Gasteiger partial charge in [-0.2, -0.15) is 5.10 Å². The summed E-state index contributed by atoms with van der Waals surface area (Å²) in [7, 11) is 0. The maximum Gasteiger partial charge on any atom is 0.274 e. The van der Waals surface area contributed by atoms with Crippen molar-refractivity contribution in [3.8, 4) is 0 Å². The number of hydrogen-bond acceptors (Lipinski definition) is 3. The van der Waals surface area contributed by atoms with Crippen molar-refractivity contribution in [2.45, 2.75) is 20.4 Å². The summed E-state index contributed by atoms with van der Waals surface area (Å²) in [5, 5.41) is 6.14. The number of nitrogens with zero attached hydrogens (tertiary/aromatic N) is 3. The van der Waals surface area contributed by atoms with Crippen LogP contribution in [0.25, 0.3) is 0 Å². The zero-order chi connectivity index (χ0) is 17.1. The number of piperazine rings is 1. The lowest BCUT2D eigenvalue weighted by molar-refractivity contribution is -0.904. The van der Waals surface area contributed by atoms with E-state index in [4.69, 9.17) is 0 Å². The minimum atomic E-state index is -0.295. The molecule has 1 aliphatic rings. The van der Waals surface area contributed by atoms with E-state index in [1.807, 2.05) is 4.90 Å². The molecule has 128 valence electrons. The van der Waals surface area contributed by atoms with Crippen molar-refractivity contribution in [2.24, 2.45) is 0 Å². The Morgan fingerprint density at radius 3 is 2.42 bits per heavy atom. The van der Waals surface area contributed by atoms with Crippen LogP contribution < -0.4 is 10.5 Å². The van der Waals surface area contributed by atoms with Crippen molar-refractivity contribution >= 4 is 5.91 Å². The van der Waals surface area contributed by atoms with Gasteiger partial charge in [-0.15, -0.1) is 0 Å². The number of rotatable bonds is 4. The Hall–Kier alpha value is -2.41. The zero-order valence-electron chi connectivity index (χ0n) is 14.2. The Morgan fingerprint density at radius 1 is 1.17 bits per heavy atom. The Morgan fingerprint density at radius 2 is 1.83 bits per heavy atom. The smallest absolute Gasteiger partial charge is 0.274 e. The van der Waals surface area contributed by atoms with Crippen LogP contribution in [0.15, 0.2) is 29.1 Å². The molecular weight excluding hydrogens is 306 g/mol. The first-order valence-corrected chi connectivity index (χ1v) is 8.36. The van der Waals surface area contributed by atoms with Crippen molar-refractivity contribution in [3.05, 3.63) is 51.7 Å². The Labute approximate surface area is 140 Å². The quantitative estimate of drug-likeness (QED) is 0.773. The van der Waals surface area contributed by atoms with Gasteiger partial charge in [0.25, 0.3) is 11.5 Å². The van der Waals surface area contributed by atoms with Gasteiger partial charge in [0.1, 0.15) is 5.69 Å². The summed E-state index contributed by atoms with van der Waals surface area (Å²) < 4.78 is 2.34. The molecule has 0 aliphatic carbocycles. The maximum absolute atomic E-state index is 12.4. The van der Waals surface area contributed by atoms with Gasteiger partial charge in [-0.1, -0.05) is 0 Å². The average Bonchev–Trinajstić information content (AvgIpc) is 2.92. The van der Waals surface area contributed by atoms with Crippen LogP contribution in [0.3, 0.4) is 0 Å². The first-order chi connectivity index (χ1) is 11.5. The minimum absolute atomic E-state index is 0.109. The van der Waals surface area contributed by atoms with E-state index in [1.54, 1.807) is 0 Å². The lowest BCUT2D eigenvalue weighted by Gasteiger charge is -2.32. The average molecular weight is 330 g/mol. The van der Waals surface area contributed by atoms with Crippen molar-refractivity contribution in [1.29, 1.82) is 0 Å². The molecule has 2 aromatic heterocycles. The molecule has 2 aromatic rings. The van der Waals surface area contributed by atoms with Crippen LogP contribution in [0.1, 0.15) is 21.9 Å². The topological polar surface area (TPSA) is 75.4 Å². The SMILES string of the molecule is Cc1ccc(C)n1CC[NH+]1CCN(C(=O)c2ccc(=O)[nH]n2)CC1. The van der Waals surface area contributed by atoms with Crippen molar-refractivity contribution < 1.29 is 9.69 Å². The van der Waals surface area contributed by atoms with E-state index in [9.17, 15) is 9.59 Å². The van der Waals surface area contributed by atoms with Gasteiger partial charge in [0.05, 0.1) is 39.3 Å². The molecule has 0 unspecified atom stereocenters. The highest BCUT2D eigenvalue weighted by Crippen LogP contribution is 2.05. The molecule has 1 saturated heterocycles. The van der Waals surface area contributed by atoms with Crippen LogP contribution in [0.2, 0.25) is 0 Å². The van der Waals surface area contributed by atoms with Gasteiger partial charge in [-0.05, 0) is 32.0 Å². The highest BCUT2D eigenvalue weighted by molar-refractivity contribution is 5.92. The fourth-order valence-electron chi connectivity index (χ4n) is 3.22. The molecule has 3 rings (SSSR count). The molecule has 7 heteroatoms. The highest BCUT2D eigenvalue weighted by Gasteiger charge is 2.25. The number of carbonyl (C=O) groups excluding carboxylic acids is 1. The summed E-state index contributed by atoms with van der Waals surface area (Å²) in [6, 6.07) is 7.12. The molecular formula is C17H24N5O2+.